The highest BCUT2D eigenvalue weighted by molar-refractivity contribution is 9.10. The molecule has 3 N–H and O–H groups in total. The standard InChI is InChI=1S/C10H10BrF3O3/c11-7-2-1-5(10(12,13)14)3-6(7)9(17)8(16)4-15/h1-3,8-9,15-17H,4H2. The maximum atomic E-state index is 12.4. The molecule has 1 rings (SSSR count). The third-order valence-electron chi connectivity index (χ3n) is 2.19. The van der Waals surface area contributed by atoms with Gasteiger partial charge in [-0.15, -0.1) is 0 Å². The van der Waals surface area contributed by atoms with Gasteiger partial charge in [-0.3, -0.25) is 0 Å². The van der Waals surface area contributed by atoms with Crippen molar-refractivity contribution in [2.24, 2.45) is 0 Å². The molecule has 0 amide bonds. The maximum absolute atomic E-state index is 12.4. The highest BCUT2D eigenvalue weighted by Gasteiger charge is 2.32. The summed E-state index contributed by atoms with van der Waals surface area (Å²) in [6, 6.07) is 2.71. The Kier molecular flexibility index (Phi) is 4.54. The third kappa shape index (κ3) is 3.41. The zero-order valence-electron chi connectivity index (χ0n) is 8.45. The maximum Gasteiger partial charge on any atom is 0.416 e. The Morgan fingerprint density at radius 1 is 1.24 bits per heavy atom. The second-order valence-corrected chi connectivity index (χ2v) is 4.28. The van der Waals surface area contributed by atoms with E-state index in [0.717, 1.165) is 18.2 Å². The second kappa shape index (κ2) is 5.34. The Bertz CT molecular complexity index is 395. The molecule has 7 heteroatoms. The molecule has 1 aromatic rings. The summed E-state index contributed by atoms with van der Waals surface area (Å²) < 4.78 is 37.5. The predicted octanol–water partition coefficient (Wildman–Crippen LogP) is 1.85. The number of rotatable bonds is 3. The molecule has 0 aliphatic rings. The van der Waals surface area contributed by atoms with E-state index in [1.165, 1.54) is 0 Å². The lowest BCUT2D eigenvalue weighted by molar-refractivity contribution is -0.137. The molecular weight excluding hydrogens is 305 g/mol. The summed E-state index contributed by atoms with van der Waals surface area (Å²) in [5.74, 6) is 0. The number of alkyl halides is 3. The normalized spacial score (nSPS) is 15.7. The quantitative estimate of drug-likeness (QED) is 0.798. The summed E-state index contributed by atoms with van der Waals surface area (Å²) in [5.41, 5.74) is -1.05. The smallest absolute Gasteiger partial charge is 0.394 e. The molecule has 96 valence electrons. The Hall–Kier alpha value is -0.630. The van der Waals surface area contributed by atoms with Gasteiger partial charge in [0.25, 0.3) is 0 Å². The Morgan fingerprint density at radius 3 is 2.29 bits per heavy atom. The first-order valence-electron chi connectivity index (χ1n) is 4.61. The zero-order chi connectivity index (χ0) is 13.2. The van der Waals surface area contributed by atoms with Gasteiger partial charge in [0.05, 0.1) is 12.2 Å². The van der Waals surface area contributed by atoms with E-state index in [1.54, 1.807) is 0 Å². The summed E-state index contributed by atoms with van der Waals surface area (Å²) in [5, 5.41) is 27.4. The van der Waals surface area contributed by atoms with Gasteiger partial charge in [-0.05, 0) is 23.8 Å². The Balaban J connectivity index is 3.15. The van der Waals surface area contributed by atoms with Crippen LogP contribution in [0.4, 0.5) is 13.2 Å². The van der Waals surface area contributed by atoms with Crippen molar-refractivity contribution in [3.8, 4) is 0 Å². The predicted molar refractivity (Wildman–Crippen MR) is 57.2 cm³/mol. The molecule has 0 aromatic heterocycles. The van der Waals surface area contributed by atoms with Gasteiger partial charge < -0.3 is 15.3 Å². The van der Waals surface area contributed by atoms with Gasteiger partial charge in [0.15, 0.2) is 0 Å². The SMILES string of the molecule is OCC(O)C(O)c1cc(C(F)(F)F)ccc1Br. The highest BCUT2D eigenvalue weighted by Crippen LogP contribution is 2.34. The number of benzene rings is 1. The summed E-state index contributed by atoms with van der Waals surface area (Å²) in [7, 11) is 0. The number of aliphatic hydroxyl groups excluding tert-OH is 3. The van der Waals surface area contributed by atoms with Crippen molar-refractivity contribution in [1.29, 1.82) is 0 Å². The lowest BCUT2D eigenvalue weighted by Crippen LogP contribution is -2.22. The van der Waals surface area contributed by atoms with E-state index in [0.29, 0.717) is 0 Å². The Morgan fingerprint density at radius 2 is 1.82 bits per heavy atom. The summed E-state index contributed by atoms with van der Waals surface area (Å²) in [4.78, 5) is 0. The fourth-order valence-electron chi connectivity index (χ4n) is 1.25. The van der Waals surface area contributed by atoms with Gasteiger partial charge in [0.1, 0.15) is 12.2 Å². The molecule has 0 saturated carbocycles. The second-order valence-electron chi connectivity index (χ2n) is 3.43. The Labute approximate surface area is 104 Å². The van der Waals surface area contributed by atoms with Crippen molar-refractivity contribution in [3.63, 3.8) is 0 Å². The van der Waals surface area contributed by atoms with E-state index in [4.69, 9.17) is 5.11 Å². The fourth-order valence-corrected chi connectivity index (χ4v) is 1.74. The van der Waals surface area contributed by atoms with E-state index in [9.17, 15) is 23.4 Å². The molecule has 1 aromatic carbocycles. The number of hydrogen-bond donors (Lipinski definition) is 3. The molecule has 3 nitrogen and oxygen atoms in total. The molecule has 0 bridgehead atoms. The first-order chi connectivity index (χ1) is 7.77. The largest absolute Gasteiger partial charge is 0.416 e. The topological polar surface area (TPSA) is 60.7 Å². The van der Waals surface area contributed by atoms with E-state index >= 15 is 0 Å². The zero-order valence-corrected chi connectivity index (χ0v) is 10.0. The van der Waals surface area contributed by atoms with E-state index in [1.807, 2.05) is 0 Å². The van der Waals surface area contributed by atoms with Gasteiger partial charge >= 0.3 is 6.18 Å². The van der Waals surface area contributed by atoms with E-state index in [2.05, 4.69) is 15.9 Å². The molecule has 2 atom stereocenters. The monoisotopic (exact) mass is 314 g/mol. The average Bonchev–Trinajstić information content (AvgIpc) is 2.26. The summed E-state index contributed by atoms with van der Waals surface area (Å²) >= 11 is 2.98. The molecule has 0 heterocycles. The minimum absolute atomic E-state index is 0.124. The molecular formula is C10H10BrF3O3. The van der Waals surface area contributed by atoms with Gasteiger partial charge in [0, 0.05) is 4.47 Å². The van der Waals surface area contributed by atoms with Crippen molar-refractivity contribution >= 4 is 15.9 Å². The van der Waals surface area contributed by atoms with Crippen molar-refractivity contribution in [2.75, 3.05) is 6.61 Å². The van der Waals surface area contributed by atoms with Crippen LogP contribution in [-0.2, 0) is 6.18 Å². The average molecular weight is 315 g/mol. The van der Waals surface area contributed by atoms with Crippen LogP contribution in [0, 0.1) is 0 Å². The van der Waals surface area contributed by atoms with Crippen LogP contribution in [0.15, 0.2) is 22.7 Å². The minimum atomic E-state index is -4.53. The first-order valence-corrected chi connectivity index (χ1v) is 5.40. The van der Waals surface area contributed by atoms with Crippen LogP contribution < -0.4 is 0 Å². The van der Waals surface area contributed by atoms with Crippen LogP contribution in [0.1, 0.15) is 17.2 Å². The summed E-state index contributed by atoms with van der Waals surface area (Å²) in [6.45, 7) is -0.746. The number of hydrogen-bond acceptors (Lipinski definition) is 3. The van der Waals surface area contributed by atoms with Gasteiger partial charge in [-0.25, -0.2) is 0 Å². The van der Waals surface area contributed by atoms with Crippen molar-refractivity contribution in [2.45, 2.75) is 18.4 Å². The third-order valence-corrected chi connectivity index (χ3v) is 2.92. The highest BCUT2D eigenvalue weighted by atomic mass is 79.9. The van der Waals surface area contributed by atoms with Crippen molar-refractivity contribution < 1.29 is 28.5 Å². The molecule has 17 heavy (non-hydrogen) atoms. The molecule has 0 aliphatic carbocycles. The molecule has 0 fully saturated rings. The fraction of sp³-hybridized carbons (Fsp3) is 0.400. The molecule has 0 radical (unpaired) electrons. The van der Waals surface area contributed by atoms with E-state index in [-0.39, 0.29) is 10.0 Å². The van der Waals surface area contributed by atoms with Crippen molar-refractivity contribution in [3.05, 3.63) is 33.8 Å². The van der Waals surface area contributed by atoms with E-state index < -0.39 is 30.6 Å². The number of aliphatic hydroxyl groups is 3. The lowest BCUT2D eigenvalue weighted by atomic mass is 10.0. The molecule has 0 saturated heterocycles. The van der Waals surface area contributed by atoms with Crippen molar-refractivity contribution in [1.82, 2.24) is 0 Å². The van der Waals surface area contributed by atoms with Crippen LogP contribution in [0.3, 0.4) is 0 Å². The molecule has 2 unspecified atom stereocenters. The minimum Gasteiger partial charge on any atom is -0.394 e. The first kappa shape index (κ1) is 14.4. The van der Waals surface area contributed by atoms with Crippen LogP contribution in [-0.4, -0.2) is 28.0 Å². The van der Waals surface area contributed by atoms with Crippen LogP contribution >= 0.6 is 15.9 Å². The molecule has 0 spiro atoms. The van der Waals surface area contributed by atoms with Crippen LogP contribution in [0.5, 0.6) is 0 Å². The van der Waals surface area contributed by atoms with Gasteiger partial charge in [-0.2, -0.15) is 13.2 Å². The number of halogens is 4. The summed E-state index contributed by atoms with van der Waals surface area (Å²) in [6.07, 6.45) is -7.65. The van der Waals surface area contributed by atoms with Gasteiger partial charge in [0.2, 0.25) is 0 Å². The van der Waals surface area contributed by atoms with Crippen LogP contribution in [0.25, 0.3) is 0 Å². The lowest BCUT2D eigenvalue weighted by Gasteiger charge is -2.18. The van der Waals surface area contributed by atoms with Crippen LogP contribution in [0.2, 0.25) is 0 Å². The van der Waals surface area contributed by atoms with Gasteiger partial charge in [-0.1, -0.05) is 15.9 Å². The molecule has 0 aliphatic heterocycles.